The lowest BCUT2D eigenvalue weighted by molar-refractivity contribution is 0.188. The number of rotatable bonds is 4. The summed E-state index contributed by atoms with van der Waals surface area (Å²) in [5.74, 6) is 1.05. The first-order valence-electron chi connectivity index (χ1n) is 6.25. The minimum absolute atomic E-state index is 0.141. The van der Waals surface area contributed by atoms with Gasteiger partial charge < -0.3 is 4.74 Å². The molecular weight excluding hydrogens is 196 g/mol. The predicted molar refractivity (Wildman–Crippen MR) is 70.1 cm³/mol. The fourth-order valence-electron chi connectivity index (χ4n) is 1.82. The van der Waals surface area contributed by atoms with Gasteiger partial charge in [-0.1, -0.05) is 52.8 Å². The SMILES string of the molecule is CCC(CC)Oc1ccccc1C(C)(C)C. The van der Waals surface area contributed by atoms with Crippen molar-refractivity contribution >= 4 is 0 Å². The molecule has 0 N–H and O–H groups in total. The van der Waals surface area contributed by atoms with E-state index in [0.717, 1.165) is 18.6 Å². The van der Waals surface area contributed by atoms with Crippen molar-refractivity contribution in [3.63, 3.8) is 0 Å². The van der Waals surface area contributed by atoms with Crippen LogP contribution in [0.2, 0.25) is 0 Å². The lowest BCUT2D eigenvalue weighted by Crippen LogP contribution is -2.18. The maximum absolute atomic E-state index is 6.07. The van der Waals surface area contributed by atoms with Gasteiger partial charge in [0.2, 0.25) is 0 Å². The lowest BCUT2D eigenvalue weighted by Gasteiger charge is -2.25. The molecule has 1 nitrogen and oxygen atoms in total. The standard InChI is InChI=1S/C15H24O/c1-6-12(7-2)16-14-11-9-8-10-13(14)15(3,4)5/h8-12H,6-7H2,1-5H3. The molecule has 0 atom stereocenters. The van der Waals surface area contributed by atoms with Gasteiger partial charge in [0.1, 0.15) is 5.75 Å². The van der Waals surface area contributed by atoms with Crippen molar-refractivity contribution in [3.8, 4) is 5.75 Å². The Morgan fingerprint density at radius 1 is 1.06 bits per heavy atom. The first kappa shape index (κ1) is 13.1. The molecule has 0 aliphatic carbocycles. The smallest absolute Gasteiger partial charge is 0.123 e. The highest BCUT2D eigenvalue weighted by molar-refractivity contribution is 5.38. The van der Waals surface area contributed by atoms with E-state index in [1.54, 1.807) is 0 Å². The number of hydrogen-bond donors (Lipinski definition) is 0. The highest BCUT2D eigenvalue weighted by Gasteiger charge is 2.19. The van der Waals surface area contributed by atoms with E-state index in [9.17, 15) is 0 Å². The molecule has 0 saturated carbocycles. The molecule has 0 fully saturated rings. The normalized spacial score (nSPS) is 11.9. The summed E-state index contributed by atoms with van der Waals surface area (Å²) in [6.07, 6.45) is 2.47. The maximum atomic E-state index is 6.07. The van der Waals surface area contributed by atoms with Crippen molar-refractivity contribution < 1.29 is 4.74 Å². The summed E-state index contributed by atoms with van der Waals surface area (Å²) in [6.45, 7) is 11.0. The van der Waals surface area contributed by atoms with Crippen LogP contribution in [0.3, 0.4) is 0 Å². The number of benzene rings is 1. The second kappa shape index (κ2) is 5.38. The topological polar surface area (TPSA) is 9.23 Å². The quantitative estimate of drug-likeness (QED) is 0.723. The van der Waals surface area contributed by atoms with Crippen molar-refractivity contribution in [2.75, 3.05) is 0 Å². The van der Waals surface area contributed by atoms with E-state index in [1.807, 2.05) is 6.07 Å². The van der Waals surface area contributed by atoms with E-state index in [-0.39, 0.29) is 5.41 Å². The van der Waals surface area contributed by atoms with Crippen LogP contribution in [-0.4, -0.2) is 6.10 Å². The summed E-state index contributed by atoms with van der Waals surface area (Å²) in [5, 5.41) is 0. The molecule has 0 amide bonds. The van der Waals surface area contributed by atoms with Gasteiger partial charge in [-0.25, -0.2) is 0 Å². The van der Waals surface area contributed by atoms with Gasteiger partial charge in [0.25, 0.3) is 0 Å². The van der Waals surface area contributed by atoms with E-state index < -0.39 is 0 Å². The molecule has 0 radical (unpaired) electrons. The predicted octanol–water partition coefficient (Wildman–Crippen LogP) is 4.55. The Labute approximate surface area is 99.8 Å². The highest BCUT2D eigenvalue weighted by Crippen LogP contribution is 2.31. The molecule has 1 aromatic carbocycles. The van der Waals surface area contributed by atoms with Gasteiger partial charge in [-0.3, -0.25) is 0 Å². The van der Waals surface area contributed by atoms with Gasteiger partial charge in [0.05, 0.1) is 6.10 Å². The molecule has 0 aromatic heterocycles. The van der Waals surface area contributed by atoms with Crippen molar-refractivity contribution in [2.45, 2.75) is 59.0 Å². The van der Waals surface area contributed by atoms with Crippen LogP contribution in [0.4, 0.5) is 0 Å². The Hall–Kier alpha value is -0.980. The average molecular weight is 220 g/mol. The van der Waals surface area contributed by atoms with Crippen LogP contribution < -0.4 is 4.74 Å². The van der Waals surface area contributed by atoms with E-state index in [2.05, 4.69) is 52.8 Å². The Morgan fingerprint density at radius 2 is 1.62 bits per heavy atom. The molecular formula is C15H24O. The van der Waals surface area contributed by atoms with Crippen LogP contribution in [0, 0.1) is 0 Å². The lowest BCUT2D eigenvalue weighted by atomic mass is 9.86. The zero-order chi connectivity index (χ0) is 12.2. The summed E-state index contributed by atoms with van der Waals surface area (Å²) in [7, 11) is 0. The average Bonchev–Trinajstić information content (AvgIpc) is 2.25. The molecule has 90 valence electrons. The van der Waals surface area contributed by atoms with Gasteiger partial charge in [-0.05, 0) is 29.9 Å². The summed E-state index contributed by atoms with van der Waals surface area (Å²) in [5.41, 5.74) is 1.43. The molecule has 0 saturated heterocycles. The Morgan fingerprint density at radius 3 is 2.12 bits per heavy atom. The fraction of sp³-hybridized carbons (Fsp3) is 0.600. The Bertz CT molecular complexity index is 318. The molecule has 0 aliphatic heterocycles. The van der Waals surface area contributed by atoms with E-state index in [0.29, 0.717) is 6.10 Å². The molecule has 0 aliphatic rings. The molecule has 1 rings (SSSR count). The molecule has 1 heteroatoms. The third kappa shape index (κ3) is 3.26. The van der Waals surface area contributed by atoms with Gasteiger partial charge in [-0.15, -0.1) is 0 Å². The summed E-state index contributed by atoms with van der Waals surface area (Å²) in [6, 6.07) is 8.38. The van der Waals surface area contributed by atoms with Crippen molar-refractivity contribution in [3.05, 3.63) is 29.8 Å². The van der Waals surface area contributed by atoms with Gasteiger partial charge in [0.15, 0.2) is 0 Å². The largest absolute Gasteiger partial charge is 0.490 e. The highest BCUT2D eigenvalue weighted by atomic mass is 16.5. The van der Waals surface area contributed by atoms with Gasteiger partial charge in [0, 0.05) is 0 Å². The van der Waals surface area contributed by atoms with Crippen molar-refractivity contribution in [1.29, 1.82) is 0 Å². The second-order valence-corrected chi connectivity index (χ2v) is 5.30. The zero-order valence-electron chi connectivity index (χ0n) is 11.2. The monoisotopic (exact) mass is 220 g/mol. The summed E-state index contributed by atoms with van der Waals surface area (Å²) in [4.78, 5) is 0. The van der Waals surface area contributed by atoms with E-state index in [4.69, 9.17) is 4.74 Å². The van der Waals surface area contributed by atoms with Crippen LogP contribution in [0.15, 0.2) is 24.3 Å². The van der Waals surface area contributed by atoms with Crippen LogP contribution in [0.5, 0.6) is 5.75 Å². The molecule has 0 spiro atoms. The van der Waals surface area contributed by atoms with Crippen LogP contribution in [0.25, 0.3) is 0 Å². The van der Waals surface area contributed by atoms with E-state index >= 15 is 0 Å². The number of para-hydroxylation sites is 1. The van der Waals surface area contributed by atoms with Crippen molar-refractivity contribution in [2.24, 2.45) is 0 Å². The Kier molecular flexibility index (Phi) is 4.40. The van der Waals surface area contributed by atoms with Crippen molar-refractivity contribution in [1.82, 2.24) is 0 Å². The van der Waals surface area contributed by atoms with Crippen LogP contribution >= 0.6 is 0 Å². The molecule has 0 unspecified atom stereocenters. The van der Waals surface area contributed by atoms with Crippen LogP contribution in [0.1, 0.15) is 53.0 Å². The fourth-order valence-corrected chi connectivity index (χ4v) is 1.82. The van der Waals surface area contributed by atoms with Gasteiger partial charge in [-0.2, -0.15) is 0 Å². The van der Waals surface area contributed by atoms with Gasteiger partial charge >= 0.3 is 0 Å². The number of ether oxygens (including phenoxy) is 1. The molecule has 16 heavy (non-hydrogen) atoms. The molecule has 0 heterocycles. The number of hydrogen-bond acceptors (Lipinski definition) is 1. The minimum atomic E-state index is 0.141. The summed E-state index contributed by atoms with van der Waals surface area (Å²) < 4.78 is 6.07. The van der Waals surface area contributed by atoms with Crippen LogP contribution in [-0.2, 0) is 5.41 Å². The maximum Gasteiger partial charge on any atom is 0.123 e. The minimum Gasteiger partial charge on any atom is -0.490 e. The Balaban J connectivity index is 2.95. The molecule has 0 bridgehead atoms. The third-order valence-electron chi connectivity index (χ3n) is 2.90. The first-order chi connectivity index (χ1) is 7.49. The molecule has 1 aromatic rings. The van der Waals surface area contributed by atoms with E-state index in [1.165, 1.54) is 5.56 Å². The first-order valence-corrected chi connectivity index (χ1v) is 6.25. The zero-order valence-corrected chi connectivity index (χ0v) is 11.2. The second-order valence-electron chi connectivity index (χ2n) is 5.30. The summed E-state index contributed by atoms with van der Waals surface area (Å²) >= 11 is 0. The third-order valence-corrected chi connectivity index (χ3v) is 2.90.